The van der Waals surface area contributed by atoms with Crippen molar-refractivity contribution in [2.75, 3.05) is 12.3 Å². The van der Waals surface area contributed by atoms with Gasteiger partial charge in [-0.1, -0.05) is 31.5 Å². The fraction of sp³-hybridized carbons (Fsp3) is 0.400. The van der Waals surface area contributed by atoms with E-state index in [1.165, 1.54) is 0 Å². The highest BCUT2D eigenvalue weighted by Crippen LogP contribution is 1.95. The number of hydrogen-bond donors (Lipinski definition) is 2. The molecule has 0 unspecified atom stereocenters. The molecule has 0 saturated heterocycles. The van der Waals surface area contributed by atoms with Crippen molar-refractivity contribution in [3.63, 3.8) is 0 Å². The number of rotatable bonds is 2. The third kappa shape index (κ3) is 7.09. The van der Waals surface area contributed by atoms with Gasteiger partial charge >= 0.3 is 0 Å². The van der Waals surface area contributed by atoms with Crippen LogP contribution < -0.4 is 5.73 Å². The second-order valence-electron chi connectivity index (χ2n) is 2.49. The second-order valence-corrected chi connectivity index (χ2v) is 2.49. The molecule has 0 aliphatic rings. The molecule has 0 bridgehead atoms. The molecule has 12 heavy (non-hydrogen) atoms. The van der Waals surface area contributed by atoms with Crippen molar-refractivity contribution >= 4 is 5.69 Å². The van der Waals surface area contributed by atoms with Gasteiger partial charge in [0.25, 0.3) is 0 Å². The van der Waals surface area contributed by atoms with Crippen molar-refractivity contribution in [1.82, 2.24) is 0 Å². The third-order valence-corrected chi connectivity index (χ3v) is 1.31. The molecule has 2 heteroatoms. The first-order valence-corrected chi connectivity index (χ1v) is 4.22. The molecule has 0 atom stereocenters. The summed E-state index contributed by atoms with van der Waals surface area (Å²) in [6.45, 7) is 2.40. The molecule has 1 rings (SSSR count). The average molecular weight is 167 g/mol. The Bertz CT molecular complexity index is 172. The number of anilines is 1. The molecule has 0 radical (unpaired) electrons. The highest BCUT2D eigenvalue weighted by Gasteiger charge is 1.72. The van der Waals surface area contributed by atoms with Crippen molar-refractivity contribution in [3.8, 4) is 0 Å². The van der Waals surface area contributed by atoms with Gasteiger partial charge in [0.05, 0.1) is 0 Å². The molecule has 1 aromatic carbocycles. The van der Waals surface area contributed by atoms with Crippen molar-refractivity contribution in [2.24, 2.45) is 0 Å². The van der Waals surface area contributed by atoms with Gasteiger partial charge in [-0.15, -0.1) is 0 Å². The van der Waals surface area contributed by atoms with Gasteiger partial charge < -0.3 is 10.8 Å². The van der Waals surface area contributed by atoms with Crippen LogP contribution in [0, 0.1) is 0 Å². The summed E-state index contributed by atoms with van der Waals surface area (Å²) in [7, 11) is 0. The smallest absolute Gasteiger partial charge is 0.0430 e. The van der Waals surface area contributed by atoms with E-state index in [9.17, 15) is 0 Å². The van der Waals surface area contributed by atoms with Crippen LogP contribution in [0.4, 0.5) is 5.69 Å². The van der Waals surface area contributed by atoms with E-state index in [2.05, 4.69) is 6.92 Å². The molecule has 0 heterocycles. The number of para-hydroxylation sites is 1. The lowest BCUT2D eigenvalue weighted by molar-refractivity contribution is 0.287. The van der Waals surface area contributed by atoms with Gasteiger partial charge in [0.15, 0.2) is 0 Å². The lowest BCUT2D eigenvalue weighted by Gasteiger charge is -1.83. The standard InChI is InChI=1S/C6H7N.C4H10O/c7-6-4-2-1-3-5-6;1-2-3-4-5/h1-5H,7H2;5H,2-4H2,1H3. The number of aliphatic hydroxyl groups excluding tert-OH is 1. The van der Waals surface area contributed by atoms with Crippen LogP contribution in [0.5, 0.6) is 0 Å². The summed E-state index contributed by atoms with van der Waals surface area (Å²) >= 11 is 0. The van der Waals surface area contributed by atoms with E-state index in [1.54, 1.807) is 0 Å². The van der Waals surface area contributed by atoms with Crippen LogP contribution in [0.1, 0.15) is 19.8 Å². The van der Waals surface area contributed by atoms with Gasteiger partial charge in [0, 0.05) is 12.3 Å². The van der Waals surface area contributed by atoms with Gasteiger partial charge in [0.1, 0.15) is 0 Å². The molecule has 3 N–H and O–H groups in total. The fourth-order valence-corrected chi connectivity index (χ4v) is 0.611. The molecular weight excluding hydrogens is 150 g/mol. The summed E-state index contributed by atoms with van der Waals surface area (Å²) in [6, 6.07) is 9.49. The molecule has 2 nitrogen and oxygen atoms in total. The molecule has 0 aromatic heterocycles. The van der Waals surface area contributed by atoms with Crippen molar-refractivity contribution in [3.05, 3.63) is 30.3 Å². The van der Waals surface area contributed by atoms with Crippen LogP contribution in [-0.4, -0.2) is 11.7 Å². The average Bonchev–Trinajstić information content (AvgIpc) is 2.08. The summed E-state index contributed by atoms with van der Waals surface area (Å²) in [5.41, 5.74) is 6.18. The van der Waals surface area contributed by atoms with Crippen LogP contribution in [0.3, 0.4) is 0 Å². The Hall–Kier alpha value is -1.02. The first-order valence-electron chi connectivity index (χ1n) is 4.22. The molecule has 1 aromatic rings. The zero-order valence-electron chi connectivity index (χ0n) is 7.53. The van der Waals surface area contributed by atoms with E-state index in [-0.39, 0.29) is 0 Å². The summed E-state index contributed by atoms with van der Waals surface area (Å²) in [4.78, 5) is 0. The minimum absolute atomic E-state index is 0.344. The molecule has 0 saturated carbocycles. The first kappa shape index (κ1) is 11.0. The van der Waals surface area contributed by atoms with E-state index < -0.39 is 0 Å². The third-order valence-electron chi connectivity index (χ3n) is 1.31. The summed E-state index contributed by atoms with van der Waals surface area (Å²) in [5, 5.41) is 8.07. The lowest BCUT2D eigenvalue weighted by atomic mass is 10.3. The van der Waals surface area contributed by atoms with E-state index in [1.807, 2.05) is 30.3 Å². The summed E-state index contributed by atoms with van der Waals surface area (Å²) < 4.78 is 0. The van der Waals surface area contributed by atoms with Gasteiger partial charge in [-0.3, -0.25) is 0 Å². The Morgan fingerprint density at radius 2 is 1.83 bits per heavy atom. The van der Waals surface area contributed by atoms with Crippen LogP contribution >= 0.6 is 0 Å². The Morgan fingerprint density at radius 3 is 2.00 bits per heavy atom. The maximum absolute atomic E-state index is 8.07. The number of nitrogens with two attached hydrogens (primary N) is 1. The second kappa shape index (κ2) is 8.08. The Labute approximate surface area is 74.0 Å². The molecule has 0 spiro atoms. The number of benzene rings is 1. The SMILES string of the molecule is CCCCO.Nc1ccccc1. The van der Waals surface area contributed by atoms with Crippen molar-refractivity contribution in [2.45, 2.75) is 19.8 Å². The highest BCUT2D eigenvalue weighted by molar-refractivity contribution is 5.35. The number of hydrogen-bond acceptors (Lipinski definition) is 2. The topological polar surface area (TPSA) is 46.2 Å². The van der Waals surface area contributed by atoms with Crippen LogP contribution in [0.15, 0.2) is 30.3 Å². The minimum atomic E-state index is 0.344. The van der Waals surface area contributed by atoms with Gasteiger partial charge in [0.2, 0.25) is 0 Å². The summed E-state index contributed by atoms with van der Waals surface area (Å²) in [6.07, 6.45) is 2.04. The molecule has 0 aliphatic heterocycles. The summed E-state index contributed by atoms with van der Waals surface area (Å²) in [5.74, 6) is 0. The van der Waals surface area contributed by atoms with E-state index >= 15 is 0 Å². The Morgan fingerprint density at radius 1 is 1.25 bits per heavy atom. The van der Waals surface area contributed by atoms with E-state index in [0.29, 0.717) is 6.61 Å². The monoisotopic (exact) mass is 167 g/mol. The Kier molecular flexibility index (Phi) is 7.39. The Balaban J connectivity index is 0.000000217. The van der Waals surface area contributed by atoms with Gasteiger partial charge in [-0.05, 0) is 18.6 Å². The largest absolute Gasteiger partial charge is 0.399 e. The first-order chi connectivity index (χ1) is 5.81. The molecule has 0 aliphatic carbocycles. The van der Waals surface area contributed by atoms with Crippen molar-refractivity contribution in [1.29, 1.82) is 0 Å². The van der Waals surface area contributed by atoms with Crippen LogP contribution in [-0.2, 0) is 0 Å². The zero-order valence-corrected chi connectivity index (χ0v) is 7.53. The van der Waals surface area contributed by atoms with E-state index in [4.69, 9.17) is 10.8 Å². The van der Waals surface area contributed by atoms with Gasteiger partial charge in [-0.25, -0.2) is 0 Å². The molecular formula is C10H17NO. The minimum Gasteiger partial charge on any atom is -0.399 e. The number of nitrogen functional groups attached to an aromatic ring is 1. The van der Waals surface area contributed by atoms with Crippen molar-refractivity contribution < 1.29 is 5.11 Å². The fourth-order valence-electron chi connectivity index (χ4n) is 0.611. The zero-order chi connectivity index (χ0) is 9.23. The highest BCUT2D eigenvalue weighted by atomic mass is 16.2. The predicted molar refractivity (Wildman–Crippen MR) is 52.8 cm³/mol. The molecule has 0 amide bonds. The van der Waals surface area contributed by atoms with Crippen LogP contribution in [0.2, 0.25) is 0 Å². The molecule has 68 valence electrons. The number of aliphatic hydroxyl groups is 1. The number of unbranched alkanes of at least 4 members (excludes halogenated alkanes) is 1. The van der Waals surface area contributed by atoms with Crippen LogP contribution in [0.25, 0.3) is 0 Å². The maximum Gasteiger partial charge on any atom is 0.0430 e. The predicted octanol–water partition coefficient (Wildman–Crippen LogP) is 2.05. The quantitative estimate of drug-likeness (QED) is 0.662. The maximum atomic E-state index is 8.07. The normalized spacial score (nSPS) is 8.50. The lowest BCUT2D eigenvalue weighted by Crippen LogP contribution is -1.79. The van der Waals surface area contributed by atoms with Gasteiger partial charge in [-0.2, -0.15) is 0 Å². The van der Waals surface area contributed by atoms with E-state index in [0.717, 1.165) is 18.5 Å². The molecule has 0 fully saturated rings.